The summed E-state index contributed by atoms with van der Waals surface area (Å²) in [6.45, 7) is 12.1. The standard InChI is InChI=1S/C24H39N3O4S/c1-7-9-13-25-21(28)20(18-12-10-11-17(3)15-18)27(14-8-2)22(29)19(16-32)26-23(30)31-24(4,5)6/h10-12,15,19-20,32H,7-9,13-14,16H2,1-6H3,(H,25,28)(H,26,30). The topological polar surface area (TPSA) is 87.7 Å². The molecule has 0 aliphatic rings. The highest BCUT2D eigenvalue weighted by Gasteiger charge is 2.35. The minimum absolute atomic E-state index is 0.0796. The van der Waals surface area contributed by atoms with Crippen LogP contribution < -0.4 is 10.6 Å². The molecule has 0 aliphatic carbocycles. The molecule has 1 aromatic carbocycles. The molecule has 7 nitrogen and oxygen atoms in total. The van der Waals surface area contributed by atoms with E-state index in [1.165, 1.54) is 4.90 Å². The van der Waals surface area contributed by atoms with Crippen LogP contribution in [0.15, 0.2) is 24.3 Å². The van der Waals surface area contributed by atoms with E-state index in [0.717, 1.165) is 24.0 Å². The first-order valence-corrected chi connectivity index (χ1v) is 11.9. The summed E-state index contributed by atoms with van der Waals surface area (Å²) in [5.41, 5.74) is 1.03. The number of nitrogens with zero attached hydrogens (tertiary/aromatic N) is 1. The van der Waals surface area contributed by atoms with Gasteiger partial charge in [-0.05, 0) is 46.1 Å². The number of amides is 3. The molecule has 0 radical (unpaired) electrons. The molecule has 0 fully saturated rings. The van der Waals surface area contributed by atoms with Crippen LogP contribution in [0.4, 0.5) is 4.79 Å². The number of unbranched alkanes of at least 4 members (excludes halogenated alkanes) is 1. The first-order chi connectivity index (χ1) is 15.0. The Kier molecular flexibility index (Phi) is 11.6. The fourth-order valence-corrected chi connectivity index (χ4v) is 3.49. The molecule has 0 aromatic heterocycles. The second-order valence-corrected chi connectivity index (χ2v) is 9.24. The van der Waals surface area contributed by atoms with E-state index in [9.17, 15) is 14.4 Å². The number of aryl methyl sites for hydroxylation is 1. The second-order valence-electron chi connectivity index (χ2n) is 8.87. The van der Waals surface area contributed by atoms with Crippen LogP contribution >= 0.6 is 12.6 Å². The summed E-state index contributed by atoms with van der Waals surface area (Å²) < 4.78 is 5.30. The number of carbonyl (C=O) groups is 3. The Hall–Kier alpha value is -2.22. The molecule has 0 heterocycles. The zero-order chi connectivity index (χ0) is 24.3. The van der Waals surface area contributed by atoms with E-state index in [0.29, 0.717) is 19.5 Å². The van der Waals surface area contributed by atoms with Crippen LogP contribution in [0.5, 0.6) is 0 Å². The average molecular weight is 466 g/mol. The fraction of sp³-hybridized carbons (Fsp3) is 0.625. The van der Waals surface area contributed by atoms with Crippen LogP contribution in [0.3, 0.4) is 0 Å². The summed E-state index contributed by atoms with van der Waals surface area (Å²) in [7, 11) is 0. The van der Waals surface area contributed by atoms with Crippen LogP contribution in [0.2, 0.25) is 0 Å². The van der Waals surface area contributed by atoms with Crippen molar-refractivity contribution in [2.45, 2.75) is 78.5 Å². The number of nitrogens with one attached hydrogen (secondary N) is 2. The Morgan fingerprint density at radius 2 is 1.84 bits per heavy atom. The number of rotatable bonds is 11. The van der Waals surface area contributed by atoms with Gasteiger partial charge < -0.3 is 20.3 Å². The molecule has 180 valence electrons. The largest absolute Gasteiger partial charge is 0.444 e. The smallest absolute Gasteiger partial charge is 0.408 e. The molecular formula is C24H39N3O4S. The van der Waals surface area contributed by atoms with Crippen LogP contribution in [0.1, 0.15) is 71.0 Å². The summed E-state index contributed by atoms with van der Waals surface area (Å²) in [4.78, 5) is 40.6. The molecule has 1 aromatic rings. The molecule has 0 bridgehead atoms. The van der Waals surface area contributed by atoms with Crippen molar-refractivity contribution in [3.8, 4) is 0 Å². The van der Waals surface area contributed by atoms with Crippen molar-refractivity contribution >= 4 is 30.5 Å². The molecule has 3 amide bonds. The zero-order valence-corrected chi connectivity index (χ0v) is 21.1. The number of benzene rings is 1. The molecule has 2 unspecified atom stereocenters. The van der Waals surface area contributed by atoms with Crippen LogP contribution in [0.25, 0.3) is 0 Å². The predicted molar refractivity (Wildman–Crippen MR) is 131 cm³/mol. The Balaban J connectivity index is 3.25. The van der Waals surface area contributed by atoms with E-state index in [2.05, 4.69) is 30.2 Å². The number of thiol groups is 1. The van der Waals surface area contributed by atoms with E-state index < -0.39 is 23.8 Å². The lowest BCUT2D eigenvalue weighted by Crippen LogP contribution is -2.54. The lowest BCUT2D eigenvalue weighted by molar-refractivity contribution is -0.142. The highest BCUT2D eigenvalue weighted by molar-refractivity contribution is 7.80. The van der Waals surface area contributed by atoms with E-state index in [4.69, 9.17) is 4.74 Å². The summed E-state index contributed by atoms with van der Waals surface area (Å²) in [6.07, 6.45) is 1.77. The number of hydrogen-bond donors (Lipinski definition) is 3. The van der Waals surface area contributed by atoms with Crippen molar-refractivity contribution < 1.29 is 19.1 Å². The first-order valence-electron chi connectivity index (χ1n) is 11.3. The average Bonchev–Trinajstić information content (AvgIpc) is 2.70. The third-order valence-corrected chi connectivity index (χ3v) is 5.03. The van der Waals surface area contributed by atoms with E-state index in [-0.39, 0.29) is 17.6 Å². The quantitative estimate of drug-likeness (QED) is 0.340. The van der Waals surface area contributed by atoms with Crippen molar-refractivity contribution in [1.82, 2.24) is 15.5 Å². The van der Waals surface area contributed by atoms with Crippen molar-refractivity contribution in [3.63, 3.8) is 0 Å². The van der Waals surface area contributed by atoms with E-state index in [1.807, 2.05) is 38.1 Å². The van der Waals surface area contributed by atoms with Crippen molar-refractivity contribution in [2.24, 2.45) is 0 Å². The number of ether oxygens (including phenoxy) is 1. The molecule has 0 saturated heterocycles. The highest BCUT2D eigenvalue weighted by atomic mass is 32.1. The van der Waals surface area contributed by atoms with Gasteiger partial charge in [0.05, 0.1) is 0 Å². The van der Waals surface area contributed by atoms with Gasteiger partial charge in [-0.2, -0.15) is 12.6 Å². The summed E-state index contributed by atoms with van der Waals surface area (Å²) in [5, 5.41) is 5.57. The van der Waals surface area contributed by atoms with Gasteiger partial charge >= 0.3 is 6.09 Å². The van der Waals surface area contributed by atoms with Gasteiger partial charge in [-0.3, -0.25) is 9.59 Å². The van der Waals surface area contributed by atoms with Gasteiger partial charge in [0.1, 0.15) is 17.7 Å². The monoisotopic (exact) mass is 465 g/mol. The second kappa shape index (κ2) is 13.4. The first kappa shape index (κ1) is 27.8. The summed E-state index contributed by atoms with van der Waals surface area (Å²) in [5.74, 6) is -0.526. The fourth-order valence-electron chi connectivity index (χ4n) is 3.24. The number of alkyl carbamates (subject to hydrolysis) is 1. The van der Waals surface area contributed by atoms with Gasteiger partial charge in [0, 0.05) is 18.8 Å². The lowest BCUT2D eigenvalue weighted by atomic mass is 10.0. The van der Waals surface area contributed by atoms with Gasteiger partial charge in [0.15, 0.2) is 0 Å². The highest BCUT2D eigenvalue weighted by Crippen LogP contribution is 2.24. The summed E-state index contributed by atoms with van der Waals surface area (Å²) >= 11 is 4.28. The Morgan fingerprint density at radius 1 is 1.16 bits per heavy atom. The Morgan fingerprint density at radius 3 is 2.38 bits per heavy atom. The van der Waals surface area contributed by atoms with Gasteiger partial charge in [0.2, 0.25) is 11.8 Å². The van der Waals surface area contributed by atoms with E-state index >= 15 is 0 Å². The minimum Gasteiger partial charge on any atom is -0.444 e. The molecule has 0 saturated carbocycles. The summed E-state index contributed by atoms with van der Waals surface area (Å²) in [6, 6.07) is 5.86. The molecule has 0 spiro atoms. The Labute approximate surface area is 198 Å². The van der Waals surface area contributed by atoms with Crippen molar-refractivity contribution in [2.75, 3.05) is 18.8 Å². The van der Waals surface area contributed by atoms with Gasteiger partial charge in [0.25, 0.3) is 0 Å². The maximum Gasteiger partial charge on any atom is 0.408 e. The maximum absolute atomic E-state index is 13.5. The molecule has 8 heteroatoms. The van der Waals surface area contributed by atoms with Gasteiger partial charge in [-0.25, -0.2) is 4.79 Å². The maximum atomic E-state index is 13.5. The molecule has 2 atom stereocenters. The Bertz CT molecular complexity index is 764. The SMILES string of the molecule is CCCCNC(=O)C(c1cccc(C)c1)N(CCC)C(=O)C(CS)NC(=O)OC(C)(C)C. The third kappa shape index (κ3) is 9.10. The van der Waals surface area contributed by atoms with Crippen LogP contribution in [-0.4, -0.2) is 53.3 Å². The van der Waals surface area contributed by atoms with Crippen molar-refractivity contribution in [1.29, 1.82) is 0 Å². The van der Waals surface area contributed by atoms with Crippen LogP contribution in [-0.2, 0) is 14.3 Å². The van der Waals surface area contributed by atoms with Crippen molar-refractivity contribution in [3.05, 3.63) is 35.4 Å². The third-order valence-electron chi connectivity index (χ3n) is 4.67. The molecule has 32 heavy (non-hydrogen) atoms. The molecular weight excluding hydrogens is 426 g/mol. The molecule has 0 aliphatic heterocycles. The van der Waals surface area contributed by atoms with Gasteiger partial charge in [-0.1, -0.05) is 50.1 Å². The molecule has 1 rings (SSSR count). The van der Waals surface area contributed by atoms with E-state index in [1.54, 1.807) is 20.8 Å². The minimum atomic E-state index is -0.921. The van der Waals surface area contributed by atoms with Crippen LogP contribution in [0, 0.1) is 6.92 Å². The van der Waals surface area contributed by atoms with Gasteiger partial charge in [-0.15, -0.1) is 0 Å². The molecule has 2 N–H and O–H groups in total. The normalized spacial score (nSPS) is 13.1. The lowest BCUT2D eigenvalue weighted by Gasteiger charge is -2.34. The predicted octanol–water partition coefficient (Wildman–Crippen LogP) is 4.01. The number of carbonyl (C=O) groups excluding carboxylic acids is 3. The zero-order valence-electron chi connectivity index (χ0n) is 20.2. The number of hydrogen-bond acceptors (Lipinski definition) is 5.